The Kier molecular flexibility index (Phi) is 5.80. The standard InChI is InChI=1S/C21H24FN5O3/c1-14-11-15(22)3-4-18(14)30-10-2-7-23-21(29)17-12-24-27-9-6-19(25-20(17)27)26-8-5-16(28)13-26/h3-4,6,9,11-12,16,28H,2,5,7-8,10,13H2,1H3,(H,23,29)/t16-/m1/s1. The predicted octanol–water partition coefficient (Wildman–Crippen LogP) is 1.95. The lowest BCUT2D eigenvalue weighted by Crippen LogP contribution is -2.26. The molecule has 4 rings (SSSR count). The van der Waals surface area contributed by atoms with E-state index in [0.717, 1.165) is 17.9 Å². The Morgan fingerprint density at radius 1 is 1.40 bits per heavy atom. The number of ether oxygens (including phenoxy) is 1. The van der Waals surface area contributed by atoms with Crippen molar-refractivity contribution in [3.05, 3.63) is 53.6 Å². The van der Waals surface area contributed by atoms with Gasteiger partial charge in [-0.25, -0.2) is 13.9 Å². The van der Waals surface area contributed by atoms with Crippen LogP contribution in [0.1, 0.15) is 28.8 Å². The molecule has 1 saturated heterocycles. The molecule has 0 spiro atoms. The van der Waals surface area contributed by atoms with Crippen LogP contribution in [0.15, 0.2) is 36.7 Å². The number of hydrogen-bond donors (Lipinski definition) is 2. The summed E-state index contributed by atoms with van der Waals surface area (Å²) in [5, 5.41) is 16.8. The van der Waals surface area contributed by atoms with Crippen molar-refractivity contribution in [2.24, 2.45) is 0 Å². The van der Waals surface area contributed by atoms with Crippen LogP contribution in [0.25, 0.3) is 5.65 Å². The highest BCUT2D eigenvalue weighted by Gasteiger charge is 2.22. The Balaban J connectivity index is 1.33. The van der Waals surface area contributed by atoms with E-state index in [4.69, 9.17) is 4.74 Å². The number of hydrogen-bond acceptors (Lipinski definition) is 6. The Hall–Kier alpha value is -3.20. The van der Waals surface area contributed by atoms with Crippen LogP contribution in [-0.4, -0.2) is 58.0 Å². The molecule has 1 atom stereocenters. The normalized spacial score (nSPS) is 16.2. The number of rotatable bonds is 7. The molecule has 3 heterocycles. The summed E-state index contributed by atoms with van der Waals surface area (Å²) in [5.41, 5.74) is 1.61. The van der Waals surface area contributed by atoms with Crippen molar-refractivity contribution in [1.29, 1.82) is 0 Å². The highest BCUT2D eigenvalue weighted by atomic mass is 19.1. The fourth-order valence-electron chi connectivity index (χ4n) is 3.47. The summed E-state index contributed by atoms with van der Waals surface area (Å²) < 4.78 is 20.3. The molecule has 1 aromatic carbocycles. The molecule has 158 valence electrons. The smallest absolute Gasteiger partial charge is 0.256 e. The number of β-amino-alcohol motifs (C(OH)–C–C–N with tert-alkyl or cyclic N) is 1. The van der Waals surface area contributed by atoms with Gasteiger partial charge in [-0.05, 0) is 49.6 Å². The van der Waals surface area contributed by atoms with Crippen LogP contribution in [0.4, 0.5) is 10.2 Å². The third kappa shape index (κ3) is 4.35. The van der Waals surface area contributed by atoms with Gasteiger partial charge in [0.15, 0.2) is 5.65 Å². The van der Waals surface area contributed by atoms with Gasteiger partial charge in [0.1, 0.15) is 22.9 Å². The lowest BCUT2D eigenvalue weighted by molar-refractivity contribution is 0.0953. The number of nitrogens with zero attached hydrogens (tertiary/aromatic N) is 4. The Morgan fingerprint density at radius 3 is 3.03 bits per heavy atom. The van der Waals surface area contributed by atoms with Gasteiger partial charge in [0.2, 0.25) is 0 Å². The SMILES string of the molecule is Cc1cc(F)ccc1OCCCNC(=O)c1cnn2ccc(N3CC[C@@H](O)C3)nc12. The van der Waals surface area contributed by atoms with E-state index in [2.05, 4.69) is 15.4 Å². The first-order valence-electron chi connectivity index (χ1n) is 9.96. The van der Waals surface area contributed by atoms with E-state index in [0.29, 0.717) is 49.5 Å². The Morgan fingerprint density at radius 2 is 2.27 bits per heavy atom. The number of amides is 1. The van der Waals surface area contributed by atoms with Crippen molar-refractivity contribution < 1.29 is 19.0 Å². The van der Waals surface area contributed by atoms with Crippen molar-refractivity contribution in [3.8, 4) is 5.75 Å². The molecule has 0 unspecified atom stereocenters. The van der Waals surface area contributed by atoms with Crippen molar-refractivity contribution in [1.82, 2.24) is 19.9 Å². The number of anilines is 1. The number of halogens is 1. The number of aliphatic hydroxyl groups excluding tert-OH is 1. The predicted molar refractivity (Wildman–Crippen MR) is 109 cm³/mol. The topological polar surface area (TPSA) is 92.0 Å². The fourth-order valence-corrected chi connectivity index (χ4v) is 3.47. The van der Waals surface area contributed by atoms with Gasteiger partial charge in [-0.3, -0.25) is 4.79 Å². The molecule has 1 fully saturated rings. The number of fused-ring (bicyclic) bond motifs is 1. The first-order valence-corrected chi connectivity index (χ1v) is 9.96. The summed E-state index contributed by atoms with van der Waals surface area (Å²) in [4.78, 5) is 19.2. The molecule has 30 heavy (non-hydrogen) atoms. The van der Waals surface area contributed by atoms with Gasteiger partial charge < -0.3 is 20.1 Å². The van der Waals surface area contributed by atoms with E-state index in [1.807, 2.05) is 11.0 Å². The molecule has 2 N–H and O–H groups in total. The maximum atomic E-state index is 13.1. The van der Waals surface area contributed by atoms with E-state index in [-0.39, 0.29) is 17.8 Å². The third-order valence-electron chi connectivity index (χ3n) is 5.09. The monoisotopic (exact) mass is 413 g/mol. The number of benzene rings is 1. The number of aryl methyl sites for hydroxylation is 1. The van der Waals surface area contributed by atoms with E-state index in [1.165, 1.54) is 18.3 Å². The Bertz CT molecular complexity index is 1050. The van der Waals surface area contributed by atoms with Gasteiger partial charge in [0, 0.05) is 25.8 Å². The lowest BCUT2D eigenvalue weighted by atomic mass is 10.2. The second-order valence-corrected chi connectivity index (χ2v) is 7.37. The zero-order chi connectivity index (χ0) is 21.1. The second-order valence-electron chi connectivity index (χ2n) is 7.37. The quantitative estimate of drug-likeness (QED) is 0.576. The largest absolute Gasteiger partial charge is 0.493 e. The van der Waals surface area contributed by atoms with E-state index >= 15 is 0 Å². The minimum Gasteiger partial charge on any atom is -0.493 e. The van der Waals surface area contributed by atoms with Gasteiger partial charge in [-0.15, -0.1) is 0 Å². The number of aromatic nitrogens is 3. The second kappa shape index (κ2) is 8.66. The first kappa shape index (κ1) is 20.1. The fraction of sp³-hybridized carbons (Fsp3) is 0.381. The summed E-state index contributed by atoms with van der Waals surface area (Å²) in [5.74, 6) is 0.804. The van der Waals surface area contributed by atoms with E-state index in [1.54, 1.807) is 23.7 Å². The first-order chi connectivity index (χ1) is 14.5. The van der Waals surface area contributed by atoms with Crippen LogP contribution in [-0.2, 0) is 0 Å². The minimum absolute atomic E-state index is 0.255. The van der Waals surface area contributed by atoms with Crippen LogP contribution in [0, 0.1) is 12.7 Å². The van der Waals surface area contributed by atoms with Crippen molar-refractivity contribution in [2.75, 3.05) is 31.1 Å². The van der Waals surface area contributed by atoms with E-state index < -0.39 is 0 Å². The zero-order valence-corrected chi connectivity index (χ0v) is 16.7. The number of carbonyl (C=O) groups is 1. The minimum atomic E-state index is -0.350. The van der Waals surface area contributed by atoms with Crippen molar-refractivity contribution in [2.45, 2.75) is 25.9 Å². The van der Waals surface area contributed by atoms with Gasteiger partial charge in [-0.2, -0.15) is 5.10 Å². The van der Waals surface area contributed by atoms with Crippen molar-refractivity contribution >= 4 is 17.4 Å². The summed E-state index contributed by atoms with van der Waals surface area (Å²) in [6, 6.07) is 6.21. The lowest BCUT2D eigenvalue weighted by Gasteiger charge is -2.16. The van der Waals surface area contributed by atoms with Crippen LogP contribution in [0.5, 0.6) is 5.75 Å². The number of carbonyl (C=O) groups excluding carboxylic acids is 1. The van der Waals surface area contributed by atoms with Gasteiger partial charge in [-0.1, -0.05) is 0 Å². The summed E-state index contributed by atoms with van der Waals surface area (Å²) in [6.45, 7) is 3.88. The summed E-state index contributed by atoms with van der Waals surface area (Å²) in [7, 11) is 0. The summed E-state index contributed by atoms with van der Waals surface area (Å²) >= 11 is 0. The number of aliphatic hydroxyl groups is 1. The third-order valence-corrected chi connectivity index (χ3v) is 5.09. The van der Waals surface area contributed by atoms with Gasteiger partial charge in [0.05, 0.1) is 18.9 Å². The van der Waals surface area contributed by atoms with Gasteiger partial charge in [0.25, 0.3) is 5.91 Å². The molecule has 0 radical (unpaired) electrons. The molecule has 0 bridgehead atoms. The number of nitrogens with one attached hydrogen (secondary N) is 1. The maximum Gasteiger partial charge on any atom is 0.256 e. The summed E-state index contributed by atoms with van der Waals surface area (Å²) in [6.07, 6.45) is 4.22. The molecule has 8 nitrogen and oxygen atoms in total. The average molecular weight is 413 g/mol. The molecular formula is C21H24FN5O3. The molecular weight excluding hydrogens is 389 g/mol. The van der Waals surface area contributed by atoms with Gasteiger partial charge >= 0.3 is 0 Å². The molecule has 1 aliphatic rings. The molecule has 0 saturated carbocycles. The van der Waals surface area contributed by atoms with Crippen molar-refractivity contribution in [3.63, 3.8) is 0 Å². The maximum absolute atomic E-state index is 13.1. The zero-order valence-electron chi connectivity index (χ0n) is 16.7. The van der Waals surface area contributed by atoms with Crippen LogP contribution in [0.3, 0.4) is 0 Å². The highest BCUT2D eigenvalue weighted by molar-refractivity contribution is 5.99. The molecule has 0 aliphatic carbocycles. The molecule has 1 aliphatic heterocycles. The van der Waals surface area contributed by atoms with Crippen LogP contribution < -0.4 is 15.0 Å². The molecule has 3 aromatic rings. The highest BCUT2D eigenvalue weighted by Crippen LogP contribution is 2.20. The average Bonchev–Trinajstić information content (AvgIpc) is 3.34. The van der Waals surface area contributed by atoms with E-state index in [9.17, 15) is 14.3 Å². The molecule has 9 heteroatoms. The molecule has 1 amide bonds. The Labute approximate surface area is 173 Å². The van der Waals surface area contributed by atoms with Crippen LogP contribution in [0.2, 0.25) is 0 Å². The van der Waals surface area contributed by atoms with Crippen LogP contribution >= 0.6 is 0 Å². The molecule has 2 aromatic heterocycles.